The van der Waals surface area contributed by atoms with E-state index in [2.05, 4.69) is 9.97 Å². The number of rotatable bonds is 2. The zero-order valence-electron chi connectivity index (χ0n) is 6.38. The van der Waals surface area contributed by atoms with Gasteiger partial charge in [0.25, 0.3) is 0 Å². The molecule has 1 heterocycles. The van der Waals surface area contributed by atoms with Gasteiger partial charge in [-0.25, -0.2) is 9.97 Å². The Bertz CT molecular complexity index is 311. The normalized spacial score (nSPS) is 11.3. The molecule has 1 aromatic rings. The third kappa shape index (κ3) is 3.18. The van der Waals surface area contributed by atoms with E-state index in [4.69, 9.17) is 0 Å². The van der Waals surface area contributed by atoms with E-state index in [1.54, 1.807) is 0 Å². The van der Waals surface area contributed by atoms with E-state index in [9.17, 15) is 18.0 Å². The maximum absolute atomic E-state index is 11.8. The van der Waals surface area contributed by atoms with Gasteiger partial charge in [-0.15, -0.1) is 0 Å². The van der Waals surface area contributed by atoms with Gasteiger partial charge in [0.15, 0.2) is 6.29 Å². The van der Waals surface area contributed by atoms with Crippen LogP contribution in [0.4, 0.5) is 13.2 Å². The van der Waals surface area contributed by atoms with Crippen molar-refractivity contribution in [2.24, 2.45) is 0 Å². The van der Waals surface area contributed by atoms with Crippen molar-refractivity contribution in [3.8, 4) is 0 Å². The van der Waals surface area contributed by atoms with Gasteiger partial charge in [-0.2, -0.15) is 13.2 Å². The van der Waals surface area contributed by atoms with Crippen LogP contribution in [-0.4, -0.2) is 22.4 Å². The highest BCUT2D eigenvalue weighted by molar-refractivity contribution is 5.71. The molecular formula is C7H5F3N2O. The van der Waals surface area contributed by atoms with Crippen LogP contribution in [0.1, 0.15) is 16.3 Å². The summed E-state index contributed by atoms with van der Waals surface area (Å²) in [5, 5.41) is 0. The molecule has 0 radical (unpaired) electrons. The minimum Gasteiger partial charge on any atom is -0.296 e. The van der Waals surface area contributed by atoms with Gasteiger partial charge in [0, 0.05) is 6.20 Å². The quantitative estimate of drug-likeness (QED) is 0.662. The van der Waals surface area contributed by atoms with Gasteiger partial charge in [0.1, 0.15) is 17.9 Å². The van der Waals surface area contributed by atoms with E-state index < -0.39 is 18.4 Å². The van der Waals surface area contributed by atoms with Crippen LogP contribution < -0.4 is 0 Å². The number of aldehydes is 1. The summed E-state index contributed by atoms with van der Waals surface area (Å²) in [5.74, 6) is -0.392. The number of aromatic nitrogens is 2. The second-order valence-electron chi connectivity index (χ2n) is 2.31. The number of hydrogen-bond acceptors (Lipinski definition) is 3. The fraction of sp³-hybridized carbons (Fsp3) is 0.286. The molecule has 0 aliphatic heterocycles. The summed E-state index contributed by atoms with van der Waals surface area (Å²) >= 11 is 0. The largest absolute Gasteiger partial charge is 0.396 e. The molecule has 1 aromatic heterocycles. The third-order valence-electron chi connectivity index (χ3n) is 1.21. The van der Waals surface area contributed by atoms with E-state index in [0.717, 1.165) is 6.20 Å². The Hall–Kier alpha value is -1.46. The van der Waals surface area contributed by atoms with Gasteiger partial charge >= 0.3 is 6.18 Å². The molecule has 1 rings (SSSR count). The van der Waals surface area contributed by atoms with Crippen LogP contribution in [0.15, 0.2) is 12.3 Å². The monoisotopic (exact) mass is 190 g/mol. The number of carbonyl (C=O) groups is 1. The first-order valence-electron chi connectivity index (χ1n) is 3.35. The Morgan fingerprint density at radius 2 is 2.15 bits per heavy atom. The number of carbonyl (C=O) groups excluding carboxylic acids is 1. The zero-order chi connectivity index (χ0) is 9.90. The molecule has 0 bridgehead atoms. The van der Waals surface area contributed by atoms with Crippen molar-refractivity contribution in [2.45, 2.75) is 12.6 Å². The van der Waals surface area contributed by atoms with Crippen LogP contribution >= 0.6 is 0 Å². The first-order valence-corrected chi connectivity index (χ1v) is 3.35. The summed E-state index contributed by atoms with van der Waals surface area (Å²) in [7, 11) is 0. The summed E-state index contributed by atoms with van der Waals surface area (Å²) in [5.41, 5.74) is -0.0470. The highest BCUT2D eigenvalue weighted by Crippen LogP contribution is 2.18. The van der Waals surface area contributed by atoms with Crippen LogP contribution in [0, 0.1) is 0 Å². The molecule has 13 heavy (non-hydrogen) atoms. The molecule has 0 spiro atoms. The van der Waals surface area contributed by atoms with E-state index in [1.807, 2.05) is 0 Å². The SMILES string of the molecule is O=Cc1ccnc(CC(F)(F)F)n1. The fourth-order valence-electron chi connectivity index (χ4n) is 0.745. The van der Waals surface area contributed by atoms with E-state index >= 15 is 0 Å². The lowest BCUT2D eigenvalue weighted by atomic mass is 10.3. The van der Waals surface area contributed by atoms with Crippen LogP contribution in [0.25, 0.3) is 0 Å². The maximum atomic E-state index is 11.8. The molecule has 0 atom stereocenters. The van der Waals surface area contributed by atoms with Crippen LogP contribution in [0.2, 0.25) is 0 Å². The number of halogens is 3. The molecule has 0 unspecified atom stereocenters. The summed E-state index contributed by atoms with van der Waals surface area (Å²) < 4.78 is 35.4. The smallest absolute Gasteiger partial charge is 0.296 e. The van der Waals surface area contributed by atoms with Crippen molar-refractivity contribution >= 4 is 6.29 Å². The predicted molar refractivity (Wildman–Crippen MR) is 37.2 cm³/mol. The van der Waals surface area contributed by atoms with Crippen molar-refractivity contribution in [3.63, 3.8) is 0 Å². The van der Waals surface area contributed by atoms with Crippen molar-refractivity contribution in [1.82, 2.24) is 9.97 Å². The van der Waals surface area contributed by atoms with Gasteiger partial charge in [-0.3, -0.25) is 4.79 Å². The Kier molecular flexibility index (Phi) is 2.60. The molecule has 0 amide bonds. The lowest BCUT2D eigenvalue weighted by Crippen LogP contribution is -2.14. The minimum absolute atomic E-state index is 0.0470. The first-order chi connectivity index (χ1) is 6.01. The van der Waals surface area contributed by atoms with Gasteiger partial charge in [0.2, 0.25) is 0 Å². The van der Waals surface area contributed by atoms with Crippen LogP contribution in [0.5, 0.6) is 0 Å². The lowest BCUT2D eigenvalue weighted by Gasteiger charge is -2.03. The Morgan fingerprint density at radius 1 is 1.46 bits per heavy atom. The third-order valence-corrected chi connectivity index (χ3v) is 1.21. The average molecular weight is 190 g/mol. The van der Waals surface area contributed by atoms with Crippen molar-refractivity contribution in [3.05, 3.63) is 23.8 Å². The zero-order valence-corrected chi connectivity index (χ0v) is 6.38. The standard InChI is InChI=1S/C7H5F3N2O/c8-7(9,10)3-6-11-2-1-5(4-13)12-6/h1-2,4H,3H2. The molecule has 3 nitrogen and oxygen atoms in total. The van der Waals surface area contributed by atoms with E-state index in [0.29, 0.717) is 6.29 Å². The van der Waals surface area contributed by atoms with E-state index in [-0.39, 0.29) is 5.69 Å². The Morgan fingerprint density at radius 3 is 2.69 bits per heavy atom. The van der Waals surface area contributed by atoms with Crippen molar-refractivity contribution in [1.29, 1.82) is 0 Å². The average Bonchev–Trinajstić information content (AvgIpc) is 2.01. The van der Waals surface area contributed by atoms with Gasteiger partial charge in [-0.05, 0) is 6.07 Å². The number of hydrogen-bond donors (Lipinski definition) is 0. The lowest BCUT2D eigenvalue weighted by molar-refractivity contribution is -0.128. The van der Waals surface area contributed by atoms with Crippen LogP contribution in [-0.2, 0) is 6.42 Å². The minimum atomic E-state index is -4.35. The molecule has 0 aromatic carbocycles. The number of alkyl halides is 3. The summed E-state index contributed by atoms with van der Waals surface area (Å²) in [6.45, 7) is 0. The topological polar surface area (TPSA) is 42.9 Å². The van der Waals surface area contributed by atoms with Crippen LogP contribution in [0.3, 0.4) is 0 Å². The van der Waals surface area contributed by atoms with Crippen molar-refractivity contribution < 1.29 is 18.0 Å². The second-order valence-corrected chi connectivity index (χ2v) is 2.31. The molecule has 0 saturated carbocycles. The highest BCUT2D eigenvalue weighted by atomic mass is 19.4. The molecule has 0 N–H and O–H groups in total. The fourth-order valence-corrected chi connectivity index (χ4v) is 0.745. The van der Waals surface area contributed by atoms with Gasteiger partial charge < -0.3 is 0 Å². The molecule has 0 aliphatic rings. The number of nitrogens with zero attached hydrogens (tertiary/aromatic N) is 2. The predicted octanol–water partition coefficient (Wildman–Crippen LogP) is 1.39. The highest BCUT2D eigenvalue weighted by Gasteiger charge is 2.29. The van der Waals surface area contributed by atoms with Gasteiger partial charge in [-0.1, -0.05) is 0 Å². The maximum Gasteiger partial charge on any atom is 0.396 e. The summed E-state index contributed by atoms with van der Waals surface area (Å²) in [6, 6.07) is 1.24. The first kappa shape index (κ1) is 9.63. The summed E-state index contributed by atoms with van der Waals surface area (Å²) in [4.78, 5) is 16.9. The summed E-state index contributed by atoms with van der Waals surface area (Å²) in [6.07, 6.45) is -4.06. The second kappa shape index (κ2) is 3.51. The molecule has 70 valence electrons. The molecular weight excluding hydrogens is 185 g/mol. The molecule has 0 fully saturated rings. The van der Waals surface area contributed by atoms with E-state index in [1.165, 1.54) is 6.07 Å². The molecule has 0 saturated heterocycles. The molecule has 0 aliphatic carbocycles. The van der Waals surface area contributed by atoms with Crippen molar-refractivity contribution in [2.75, 3.05) is 0 Å². The Labute approximate surface area is 71.6 Å². The van der Waals surface area contributed by atoms with Gasteiger partial charge in [0.05, 0.1) is 0 Å². The Balaban J connectivity index is 2.84. The molecule has 6 heteroatoms.